The van der Waals surface area contributed by atoms with Gasteiger partial charge < -0.3 is 10.6 Å². The molecule has 0 aliphatic heterocycles. The van der Waals surface area contributed by atoms with Crippen molar-refractivity contribution in [2.45, 2.75) is 30.4 Å². The fourth-order valence-corrected chi connectivity index (χ4v) is 3.05. The molecule has 0 fully saturated rings. The molecule has 1 unspecified atom stereocenters. The summed E-state index contributed by atoms with van der Waals surface area (Å²) in [6.07, 6.45) is 0. The maximum Gasteiger partial charge on any atom is 0.224 e. The number of hydrogen-bond donors (Lipinski definition) is 2. The van der Waals surface area contributed by atoms with Crippen molar-refractivity contribution in [1.29, 1.82) is 0 Å². The molecule has 5 heteroatoms. The minimum Gasteiger partial charge on any atom is -0.354 e. The molecule has 0 aliphatic carbocycles. The van der Waals surface area contributed by atoms with Gasteiger partial charge in [0.05, 0.1) is 0 Å². The van der Waals surface area contributed by atoms with Crippen molar-refractivity contribution in [3.05, 3.63) is 28.7 Å². The number of carbonyl (C=O) groups excluding carboxylic acids is 1. The molecule has 0 aliphatic rings. The van der Waals surface area contributed by atoms with Crippen LogP contribution in [-0.2, 0) is 4.79 Å². The Morgan fingerprint density at radius 3 is 2.50 bits per heavy atom. The number of carbonyl (C=O) groups is 1. The standard InChI is InChI=1S/C15H23BrN2OS/c1-11(9-17-4)14(19)18-10-15(2,3)20-13-7-5-12(16)6-8-13/h5-8,11,17H,9-10H2,1-4H3,(H,18,19). The lowest BCUT2D eigenvalue weighted by Gasteiger charge is -2.25. The van der Waals surface area contributed by atoms with E-state index in [1.165, 1.54) is 4.90 Å². The van der Waals surface area contributed by atoms with Gasteiger partial charge in [0.1, 0.15) is 0 Å². The largest absolute Gasteiger partial charge is 0.354 e. The van der Waals surface area contributed by atoms with E-state index in [2.05, 4.69) is 52.5 Å². The molecule has 1 atom stereocenters. The molecule has 1 aromatic carbocycles. The first-order valence-electron chi connectivity index (χ1n) is 6.71. The van der Waals surface area contributed by atoms with Crippen LogP contribution in [0.5, 0.6) is 0 Å². The SMILES string of the molecule is CNCC(C)C(=O)NCC(C)(C)Sc1ccc(Br)cc1. The first kappa shape index (κ1) is 17.5. The number of halogens is 1. The van der Waals surface area contributed by atoms with Crippen molar-refractivity contribution in [2.24, 2.45) is 5.92 Å². The second-order valence-electron chi connectivity index (χ2n) is 5.49. The smallest absolute Gasteiger partial charge is 0.224 e. The third-order valence-corrected chi connectivity index (χ3v) is 4.59. The Balaban J connectivity index is 2.48. The highest BCUT2D eigenvalue weighted by molar-refractivity contribution is 9.10. The lowest BCUT2D eigenvalue weighted by molar-refractivity contribution is -0.124. The van der Waals surface area contributed by atoms with Crippen molar-refractivity contribution < 1.29 is 4.79 Å². The van der Waals surface area contributed by atoms with E-state index in [0.29, 0.717) is 13.1 Å². The molecule has 0 radical (unpaired) electrons. The maximum atomic E-state index is 11.9. The second kappa shape index (κ2) is 8.05. The lowest BCUT2D eigenvalue weighted by atomic mass is 10.1. The van der Waals surface area contributed by atoms with Crippen molar-refractivity contribution in [2.75, 3.05) is 20.1 Å². The van der Waals surface area contributed by atoms with Crippen LogP contribution < -0.4 is 10.6 Å². The quantitative estimate of drug-likeness (QED) is 0.734. The zero-order chi connectivity index (χ0) is 15.2. The Kier molecular flexibility index (Phi) is 7.06. The molecule has 1 rings (SSSR count). The molecule has 0 spiro atoms. The van der Waals surface area contributed by atoms with Gasteiger partial charge in [-0.25, -0.2) is 0 Å². The monoisotopic (exact) mass is 358 g/mol. The van der Waals surface area contributed by atoms with Crippen LogP contribution in [0.4, 0.5) is 0 Å². The topological polar surface area (TPSA) is 41.1 Å². The minimum atomic E-state index is -0.0388. The Labute approximate surface area is 134 Å². The maximum absolute atomic E-state index is 11.9. The van der Waals surface area contributed by atoms with Crippen LogP contribution in [0, 0.1) is 5.92 Å². The van der Waals surface area contributed by atoms with Gasteiger partial charge >= 0.3 is 0 Å². The van der Waals surface area contributed by atoms with Crippen LogP contribution in [0.25, 0.3) is 0 Å². The number of benzene rings is 1. The number of rotatable bonds is 7. The molecule has 0 saturated carbocycles. The van der Waals surface area contributed by atoms with E-state index in [1.54, 1.807) is 11.8 Å². The Morgan fingerprint density at radius 2 is 1.95 bits per heavy atom. The van der Waals surface area contributed by atoms with E-state index >= 15 is 0 Å². The van der Waals surface area contributed by atoms with Gasteiger partial charge in [-0.1, -0.05) is 22.9 Å². The Hall–Kier alpha value is -0.520. The highest BCUT2D eigenvalue weighted by Gasteiger charge is 2.22. The fraction of sp³-hybridized carbons (Fsp3) is 0.533. The minimum absolute atomic E-state index is 0.00604. The van der Waals surface area contributed by atoms with Crippen LogP contribution in [-0.4, -0.2) is 30.8 Å². The molecule has 1 amide bonds. The summed E-state index contributed by atoms with van der Waals surface area (Å²) in [4.78, 5) is 13.1. The van der Waals surface area contributed by atoms with Gasteiger partial charge in [0.2, 0.25) is 5.91 Å². The van der Waals surface area contributed by atoms with Gasteiger partial charge in [-0.3, -0.25) is 4.79 Å². The van der Waals surface area contributed by atoms with Crippen LogP contribution >= 0.6 is 27.7 Å². The van der Waals surface area contributed by atoms with E-state index in [-0.39, 0.29) is 16.6 Å². The summed E-state index contributed by atoms with van der Waals surface area (Å²) in [7, 11) is 1.86. The highest BCUT2D eigenvalue weighted by atomic mass is 79.9. The van der Waals surface area contributed by atoms with Crippen molar-refractivity contribution in [3.8, 4) is 0 Å². The average Bonchev–Trinajstić information content (AvgIpc) is 2.39. The highest BCUT2D eigenvalue weighted by Crippen LogP contribution is 2.32. The normalized spacial score (nSPS) is 13.1. The summed E-state index contributed by atoms with van der Waals surface area (Å²) in [5.74, 6) is 0.0947. The second-order valence-corrected chi connectivity index (χ2v) is 8.19. The molecule has 3 nitrogen and oxygen atoms in total. The molecule has 0 aromatic heterocycles. The van der Waals surface area contributed by atoms with Crippen LogP contribution in [0.1, 0.15) is 20.8 Å². The van der Waals surface area contributed by atoms with Crippen LogP contribution in [0.15, 0.2) is 33.6 Å². The molecule has 1 aromatic rings. The lowest BCUT2D eigenvalue weighted by Crippen LogP contribution is -2.40. The van der Waals surface area contributed by atoms with Gasteiger partial charge in [-0.15, -0.1) is 11.8 Å². The average molecular weight is 359 g/mol. The fourth-order valence-electron chi connectivity index (χ4n) is 1.73. The molecule has 0 bridgehead atoms. The van der Waals surface area contributed by atoms with Crippen molar-refractivity contribution in [1.82, 2.24) is 10.6 Å². The number of thioether (sulfide) groups is 1. The van der Waals surface area contributed by atoms with E-state index in [1.807, 2.05) is 26.1 Å². The third-order valence-electron chi connectivity index (χ3n) is 2.85. The summed E-state index contributed by atoms with van der Waals surface area (Å²) in [5, 5.41) is 6.05. The van der Waals surface area contributed by atoms with Gasteiger partial charge in [-0.05, 0) is 45.2 Å². The molecule has 20 heavy (non-hydrogen) atoms. The number of hydrogen-bond acceptors (Lipinski definition) is 3. The zero-order valence-electron chi connectivity index (χ0n) is 12.5. The van der Waals surface area contributed by atoms with Crippen molar-refractivity contribution in [3.63, 3.8) is 0 Å². The predicted molar refractivity (Wildman–Crippen MR) is 90.2 cm³/mol. The van der Waals surface area contributed by atoms with Crippen LogP contribution in [0.3, 0.4) is 0 Å². The van der Waals surface area contributed by atoms with E-state index in [4.69, 9.17) is 0 Å². The number of nitrogens with one attached hydrogen (secondary N) is 2. The molecule has 0 heterocycles. The van der Waals surface area contributed by atoms with E-state index < -0.39 is 0 Å². The van der Waals surface area contributed by atoms with Crippen LogP contribution in [0.2, 0.25) is 0 Å². The zero-order valence-corrected chi connectivity index (χ0v) is 14.9. The van der Waals surface area contributed by atoms with Gasteiger partial charge in [0.25, 0.3) is 0 Å². The summed E-state index contributed by atoms with van der Waals surface area (Å²) in [5.41, 5.74) is 0. The van der Waals surface area contributed by atoms with Gasteiger partial charge in [0, 0.05) is 33.1 Å². The Morgan fingerprint density at radius 1 is 1.35 bits per heavy atom. The van der Waals surface area contributed by atoms with E-state index in [9.17, 15) is 4.79 Å². The molecular weight excluding hydrogens is 336 g/mol. The number of amides is 1. The molecular formula is C15H23BrN2OS. The van der Waals surface area contributed by atoms with Gasteiger partial charge in [-0.2, -0.15) is 0 Å². The first-order valence-corrected chi connectivity index (χ1v) is 8.32. The summed E-state index contributed by atoms with van der Waals surface area (Å²) < 4.78 is 1.04. The summed E-state index contributed by atoms with van der Waals surface area (Å²) in [6, 6.07) is 8.24. The van der Waals surface area contributed by atoms with E-state index in [0.717, 1.165) is 4.47 Å². The Bertz CT molecular complexity index is 434. The summed E-state index contributed by atoms with van der Waals surface area (Å²) in [6.45, 7) is 7.57. The molecule has 2 N–H and O–H groups in total. The molecule has 112 valence electrons. The predicted octanol–water partition coefficient (Wildman–Crippen LogP) is 3.29. The molecule has 0 saturated heterocycles. The van der Waals surface area contributed by atoms with Crippen molar-refractivity contribution >= 4 is 33.6 Å². The van der Waals surface area contributed by atoms with Gasteiger partial charge in [0.15, 0.2) is 0 Å². The summed E-state index contributed by atoms with van der Waals surface area (Å²) >= 11 is 5.20. The third kappa shape index (κ3) is 6.29. The first-order chi connectivity index (χ1) is 9.34.